The molecule has 0 aliphatic heterocycles. The molecule has 1 fully saturated rings. The molecular weight excluding hydrogens is 334 g/mol. The fraction of sp³-hybridized carbons (Fsp3) is 0.421. The standard InChI is InChI=1S/C19H23N3O4/c1-10-4-16(18(24)21-11(10)2)19(25)22-17(12-5-14(23)6-12)13-7-15(26-3)9-20-8-13/h4,7-9,12,14,17,23H,5-6H2,1-3H3,(H,21,24)(H,22,25). The van der Waals surface area contributed by atoms with Crippen molar-refractivity contribution in [2.75, 3.05) is 7.11 Å². The van der Waals surface area contributed by atoms with Crippen molar-refractivity contribution < 1.29 is 14.6 Å². The van der Waals surface area contributed by atoms with Crippen LogP contribution in [0.5, 0.6) is 5.75 Å². The summed E-state index contributed by atoms with van der Waals surface area (Å²) in [6.07, 6.45) is 4.08. The van der Waals surface area contributed by atoms with Gasteiger partial charge < -0.3 is 20.1 Å². The van der Waals surface area contributed by atoms with Gasteiger partial charge in [0.25, 0.3) is 11.5 Å². The maximum Gasteiger partial charge on any atom is 0.261 e. The molecule has 2 aromatic rings. The van der Waals surface area contributed by atoms with E-state index in [1.807, 2.05) is 13.0 Å². The van der Waals surface area contributed by atoms with Crippen molar-refractivity contribution >= 4 is 5.91 Å². The number of aromatic amines is 1. The zero-order chi connectivity index (χ0) is 18.8. The number of carbonyl (C=O) groups excluding carboxylic acids is 1. The maximum atomic E-state index is 12.7. The van der Waals surface area contributed by atoms with Crippen LogP contribution in [0.3, 0.4) is 0 Å². The van der Waals surface area contributed by atoms with E-state index in [0.717, 1.165) is 16.8 Å². The second-order valence-corrected chi connectivity index (χ2v) is 6.81. The van der Waals surface area contributed by atoms with Gasteiger partial charge in [0, 0.05) is 11.9 Å². The van der Waals surface area contributed by atoms with Crippen LogP contribution in [0.25, 0.3) is 0 Å². The van der Waals surface area contributed by atoms with Crippen molar-refractivity contribution in [1.29, 1.82) is 0 Å². The molecule has 1 amide bonds. The lowest BCUT2D eigenvalue weighted by molar-refractivity contribution is 0.0234. The van der Waals surface area contributed by atoms with Gasteiger partial charge in [0.1, 0.15) is 11.3 Å². The smallest absolute Gasteiger partial charge is 0.261 e. The Labute approximate surface area is 151 Å². The van der Waals surface area contributed by atoms with Crippen LogP contribution in [0.2, 0.25) is 0 Å². The summed E-state index contributed by atoms with van der Waals surface area (Å²) in [5.74, 6) is 0.225. The summed E-state index contributed by atoms with van der Waals surface area (Å²) in [6, 6.07) is 3.06. The van der Waals surface area contributed by atoms with Gasteiger partial charge >= 0.3 is 0 Å². The number of aliphatic hydroxyl groups is 1. The van der Waals surface area contributed by atoms with Crippen molar-refractivity contribution in [3.8, 4) is 5.75 Å². The van der Waals surface area contributed by atoms with E-state index in [4.69, 9.17) is 4.74 Å². The Bertz CT molecular complexity index is 871. The number of hydrogen-bond acceptors (Lipinski definition) is 5. The Balaban J connectivity index is 1.89. The number of H-pyrrole nitrogens is 1. The number of aliphatic hydroxyl groups excluding tert-OH is 1. The average Bonchev–Trinajstić information content (AvgIpc) is 2.60. The lowest BCUT2D eigenvalue weighted by Crippen LogP contribution is -2.42. The maximum absolute atomic E-state index is 12.7. The number of nitrogens with one attached hydrogen (secondary N) is 2. The van der Waals surface area contributed by atoms with Crippen molar-refractivity contribution in [3.63, 3.8) is 0 Å². The molecule has 0 aromatic carbocycles. The third-order valence-corrected chi connectivity index (χ3v) is 4.98. The molecule has 0 spiro atoms. The van der Waals surface area contributed by atoms with Crippen LogP contribution in [-0.2, 0) is 0 Å². The zero-order valence-electron chi connectivity index (χ0n) is 15.1. The fourth-order valence-corrected chi connectivity index (χ4v) is 3.21. The summed E-state index contributed by atoms with van der Waals surface area (Å²) >= 11 is 0. The van der Waals surface area contributed by atoms with Crippen LogP contribution < -0.4 is 15.6 Å². The Morgan fingerprint density at radius 2 is 2.08 bits per heavy atom. The van der Waals surface area contributed by atoms with Gasteiger partial charge in [0.05, 0.1) is 25.5 Å². The second kappa shape index (κ2) is 7.29. The summed E-state index contributed by atoms with van der Waals surface area (Å²) in [5, 5.41) is 12.6. The van der Waals surface area contributed by atoms with Gasteiger partial charge in [-0.3, -0.25) is 14.6 Å². The third-order valence-electron chi connectivity index (χ3n) is 4.98. The molecule has 0 bridgehead atoms. The summed E-state index contributed by atoms with van der Waals surface area (Å²) in [7, 11) is 1.55. The molecule has 3 rings (SSSR count). The van der Waals surface area contributed by atoms with E-state index in [0.29, 0.717) is 18.6 Å². The third kappa shape index (κ3) is 3.62. The van der Waals surface area contributed by atoms with Crippen molar-refractivity contribution in [1.82, 2.24) is 15.3 Å². The molecule has 1 aliphatic carbocycles. The van der Waals surface area contributed by atoms with E-state index in [-0.39, 0.29) is 23.6 Å². The minimum Gasteiger partial charge on any atom is -0.495 e. The highest BCUT2D eigenvalue weighted by Crippen LogP contribution is 2.38. The molecule has 7 nitrogen and oxygen atoms in total. The molecule has 1 unspecified atom stereocenters. The van der Waals surface area contributed by atoms with E-state index in [9.17, 15) is 14.7 Å². The highest BCUT2D eigenvalue weighted by Gasteiger charge is 2.36. The average molecular weight is 357 g/mol. The summed E-state index contributed by atoms with van der Waals surface area (Å²) in [5.41, 5.74) is 2.03. The summed E-state index contributed by atoms with van der Waals surface area (Å²) < 4.78 is 5.22. The van der Waals surface area contributed by atoms with Gasteiger partial charge in [0.15, 0.2) is 0 Å². The molecule has 2 aromatic heterocycles. The quantitative estimate of drug-likeness (QED) is 0.755. The molecule has 1 atom stereocenters. The van der Waals surface area contributed by atoms with Gasteiger partial charge in [-0.1, -0.05) is 0 Å². The van der Waals surface area contributed by atoms with E-state index in [2.05, 4.69) is 15.3 Å². The van der Waals surface area contributed by atoms with Gasteiger partial charge in [-0.05, 0) is 55.9 Å². The monoisotopic (exact) mass is 357 g/mol. The van der Waals surface area contributed by atoms with Gasteiger partial charge in [-0.25, -0.2) is 0 Å². The number of aromatic nitrogens is 2. The van der Waals surface area contributed by atoms with Crippen LogP contribution in [0.4, 0.5) is 0 Å². The Morgan fingerprint density at radius 3 is 2.73 bits per heavy atom. The molecule has 0 radical (unpaired) electrons. The Hall–Kier alpha value is -2.67. The second-order valence-electron chi connectivity index (χ2n) is 6.81. The minimum atomic E-state index is -0.441. The highest BCUT2D eigenvalue weighted by molar-refractivity contribution is 5.94. The lowest BCUT2D eigenvalue weighted by atomic mass is 9.75. The zero-order valence-corrected chi connectivity index (χ0v) is 15.1. The molecule has 138 valence electrons. The van der Waals surface area contributed by atoms with Crippen molar-refractivity contribution in [2.24, 2.45) is 5.92 Å². The highest BCUT2D eigenvalue weighted by atomic mass is 16.5. The molecule has 0 saturated heterocycles. The number of amides is 1. The molecule has 1 aliphatic rings. The molecule has 3 N–H and O–H groups in total. The first-order valence-corrected chi connectivity index (χ1v) is 8.57. The topological polar surface area (TPSA) is 104 Å². The Kier molecular flexibility index (Phi) is 5.08. The van der Waals surface area contributed by atoms with E-state index >= 15 is 0 Å². The van der Waals surface area contributed by atoms with Crippen LogP contribution >= 0.6 is 0 Å². The minimum absolute atomic E-state index is 0.0773. The first-order chi connectivity index (χ1) is 12.4. The van der Waals surface area contributed by atoms with Crippen LogP contribution in [0, 0.1) is 19.8 Å². The number of rotatable bonds is 5. The number of pyridine rings is 2. The molecule has 7 heteroatoms. The van der Waals surface area contributed by atoms with E-state index < -0.39 is 11.5 Å². The predicted octanol–water partition coefficient (Wildman–Crippen LogP) is 1.64. The van der Waals surface area contributed by atoms with Crippen LogP contribution in [-0.4, -0.2) is 34.2 Å². The number of aryl methyl sites for hydroxylation is 2. The first-order valence-electron chi connectivity index (χ1n) is 8.57. The van der Waals surface area contributed by atoms with Gasteiger partial charge in [-0.15, -0.1) is 0 Å². The number of methoxy groups -OCH3 is 1. The normalized spacial score (nSPS) is 20.2. The van der Waals surface area contributed by atoms with Crippen LogP contribution in [0.1, 0.15) is 46.1 Å². The number of nitrogens with zero attached hydrogens (tertiary/aromatic N) is 1. The number of carbonyl (C=O) groups is 1. The predicted molar refractivity (Wildman–Crippen MR) is 96.3 cm³/mol. The van der Waals surface area contributed by atoms with Crippen LogP contribution in [0.15, 0.2) is 29.3 Å². The largest absolute Gasteiger partial charge is 0.495 e. The van der Waals surface area contributed by atoms with E-state index in [1.165, 1.54) is 0 Å². The summed E-state index contributed by atoms with van der Waals surface area (Å²) in [6.45, 7) is 3.63. The molecule has 1 saturated carbocycles. The molecule has 2 heterocycles. The SMILES string of the molecule is COc1cncc(C(NC(=O)c2cc(C)c(C)[nH]c2=O)C2CC(O)C2)c1. The van der Waals surface area contributed by atoms with Crippen molar-refractivity contribution in [2.45, 2.75) is 38.8 Å². The first kappa shape index (κ1) is 18.1. The molecular formula is C19H23N3O4. The van der Waals surface area contributed by atoms with E-state index in [1.54, 1.807) is 32.5 Å². The summed E-state index contributed by atoms with van der Waals surface area (Å²) in [4.78, 5) is 31.8. The van der Waals surface area contributed by atoms with Gasteiger partial charge in [-0.2, -0.15) is 0 Å². The van der Waals surface area contributed by atoms with Gasteiger partial charge in [0.2, 0.25) is 0 Å². The fourth-order valence-electron chi connectivity index (χ4n) is 3.21. The Morgan fingerprint density at radius 1 is 1.35 bits per heavy atom. The number of ether oxygens (including phenoxy) is 1. The number of hydrogen-bond donors (Lipinski definition) is 3. The molecule has 26 heavy (non-hydrogen) atoms. The van der Waals surface area contributed by atoms with Crippen molar-refractivity contribution in [3.05, 3.63) is 57.3 Å². The lowest BCUT2D eigenvalue weighted by Gasteiger charge is -2.38.